The zero-order chi connectivity index (χ0) is 17.2. The molecule has 126 valence electrons. The number of methoxy groups -OCH3 is 1. The molecule has 0 radical (unpaired) electrons. The number of halogens is 1. The van der Waals surface area contributed by atoms with Gasteiger partial charge in [-0.3, -0.25) is 4.79 Å². The number of hydrogen-bond acceptors (Lipinski definition) is 3. The van der Waals surface area contributed by atoms with Gasteiger partial charge in [0.05, 0.1) is 12.7 Å². The minimum Gasteiger partial charge on any atom is -0.496 e. The van der Waals surface area contributed by atoms with Gasteiger partial charge in [0.15, 0.2) is 0 Å². The molecule has 0 saturated heterocycles. The third kappa shape index (κ3) is 7.33. The molecule has 0 aliphatic carbocycles. The van der Waals surface area contributed by atoms with Crippen LogP contribution in [0.3, 0.4) is 0 Å². The summed E-state index contributed by atoms with van der Waals surface area (Å²) in [6.45, 7) is 6.38. The summed E-state index contributed by atoms with van der Waals surface area (Å²) in [6, 6.07) is 4.90. The molecule has 0 unspecified atom stereocenters. The van der Waals surface area contributed by atoms with Crippen molar-refractivity contribution in [3.63, 3.8) is 0 Å². The van der Waals surface area contributed by atoms with Crippen molar-refractivity contribution in [2.45, 2.75) is 40.0 Å². The van der Waals surface area contributed by atoms with Gasteiger partial charge in [0.25, 0.3) is 5.91 Å². The molecule has 1 aromatic rings. The lowest BCUT2D eigenvalue weighted by Crippen LogP contribution is -2.18. The largest absolute Gasteiger partial charge is 0.496 e. The molecule has 4 nitrogen and oxygen atoms in total. The van der Waals surface area contributed by atoms with E-state index in [2.05, 4.69) is 37.4 Å². The first-order chi connectivity index (χ1) is 10.9. The van der Waals surface area contributed by atoms with Crippen molar-refractivity contribution in [3.8, 4) is 5.75 Å². The Morgan fingerprint density at radius 3 is 2.83 bits per heavy atom. The van der Waals surface area contributed by atoms with Gasteiger partial charge in [0.1, 0.15) is 5.75 Å². The number of hydrogen-bond donors (Lipinski definition) is 1. The highest BCUT2D eigenvalue weighted by molar-refractivity contribution is 6.31. The first-order valence-corrected chi connectivity index (χ1v) is 8.10. The molecule has 1 N–H and O–H groups in total. The molecule has 1 amide bonds. The lowest BCUT2D eigenvalue weighted by molar-refractivity contribution is 0.0952. The van der Waals surface area contributed by atoms with Crippen molar-refractivity contribution in [1.82, 2.24) is 5.43 Å². The van der Waals surface area contributed by atoms with E-state index in [0.29, 0.717) is 22.3 Å². The average Bonchev–Trinajstić information content (AvgIpc) is 2.51. The van der Waals surface area contributed by atoms with Crippen molar-refractivity contribution in [1.29, 1.82) is 0 Å². The molecular weight excluding hydrogens is 312 g/mol. The van der Waals surface area contributed by atoms with Crippen molar-refractivity contribution < 1.29 is 9.53 Å². The third-order valence-corrected chi connectivity index (χ3v) is 3.62. The van der Waals surface area contributed by atoms with E-state index in [-0.39, 0.29) is 5.91 Å². The quantitative estimate of drug-likeness (QED) is 0.419. The number of ether oxygens (including phenoxy) is 1. The first kappa shape index (κ1) is 19.2. The number of carbonyl (C=O) groups is 1. The second-order valence-corrected chi connectivity index (χ2v) is 6.23. The Hall–Kier alpha value is -1.81. The van der Waals surface area contributed by atoms with Crippen molar-refractivity contribution in [3.05, 3.63) is 40.4 Å². The number of nitrogens with one attached hydrogen (secondary N) is 1. The van der Waals surface area contributed by atoms with Gasteiger partial charge in [-0.05, 0) is 57.2 Å². The fraction of sp³-hybridized carbons (Fsp3) is 0.444. The van der Waals surface area contributed by atoms with Crippen LogP contribution in [0.4, 0.5) is 0 Å². The number of rotatable bonds is 8. The smallest absolute Gasteiger partial charge is 0.275 e. The summed E-state index contributed by atoms with van der Waals surface area (Å²) in [7, 11) is 1.51. The van der Waals surface area contributed by atoms with Crippen molar-refractivity contribution >= 4 is 23.7 Å². The van der Waals surface area contributed by atoms with Gasteiger partial charge < -0.3 is 4.74 Å². The number of benzene rings is 1. The molecule has 0 bridgehead atoms. The Balaban J connectivity index is 2.47. The second-order valence-electron chi connectivity index (χ2n) is 5.80. The van der Waals surface area contributed by atoms with E-state index in [1.54, 1.807) is 24.4 Å². The van der Waals surface area contributed by atoms with E-state index in [1.165, 1.54) is 12.7 Å². The van der Waals surface area contributed by atoms with E-state index in [9.17, 15) is 4.79 Å². The molecule has 1 aromatic carbocycles. The summed E-state index contributed by atoms with van der Waals surface area (Å²) in [5, 5.41) is 4.48. The Morgan fingerprint density at radius 1 is 1.43 bits per heavy atom. The topological polar surface area (TPSA) is 50.7 Å². The van der Waals surface area contributed by atoms with Crippen LogP contribution in [0.15, 0.2) is 34.9 Å². The summed E-state index contributed by atoms with van der Waals surface area (Å²) in [4.78, 5) is 12.1. The Kier molecular flexibility index (Phi) is 8.41. The van der Waals surface area contributed by atoms with E-state index in [1.807, 2.05) is 0 Å². The molecule has 0 saturated carbocycles. The van der Waals surface area contributed by atoms with Crippen LogP contribution in [0.25, 0.3) is 0 Å². The van der Waals surface area contributed by atoms with E-state index in [0.717, 1.165) is 19.3 Å². The zero-order valence-corrected chi connectivity index (χ0v) is 15.0. The Labute approximate surface area is 143 Å². The number of allylic oxidation sites excluding steroid dienone is 2. The molecule has 1 atom stereocenters. The van der Waals surface area contributed by atoms with Gasteiger partial charge >= 0.3 is 0 Å². The molecule has 0 fully saturated rings. The highest BCUT2D eigenvalue weighted by Gasteiger charge is 2.12. The van der Waals surface area contributed by atoms with Crippen LogP contribution >= 0.6 is 11.6 Å². The molecule has 1 rings (SSSR count). The fourth-order valence-electron chi connectivity index (χ4n) is 2.03. The number of amides is 1. The summed E-state index contributed by atoms with van der Waals surface area (Å²) in [5.41, 5.74) is 4.22. The van der Waals surface area contributed by atoms with Crippen LogP contribution < -0.4 is 10.2 Å². The van der Waals surface area contributed by atoms with Gasteiger partial charge in [-0.15, -0.1) is 0 Å². The lowest BCUT2D eigenvalue weighted by atomic mass is 10.0. The lowest BCUT2D eigenvalue weighted by Gasteiger charge is -2.08. The molecule has 0 heterocycles. The summed E-state index contributed by atoms with van der Waals surface area (Å²) in [6.07, 6.45) is 6.98. The van der Waals surface area contributed by atoms with Crippen LogP contribution in [-0.4, -0.2) is 19.2 Å². The molecule has 0 spiro atoms. The molecule has 5 heteroatoms. The van der Waals surface area contributed by atoms with Gasteiger partial charge in [-0.25, -0.2) is 5.43 Å². The van der Waals surface area contributed by atoms with Gasteiger partial charge in [0.2, 0.25) is 0 Å². The monoisotopic (exact) mass is 336 g/mol. The first-order valence-electron chi connectivity index (χ1n) is 7.72. The van der Waals surface area contributed by atoms with Crippen LogP contribution in [0.2, 0.25) is 5.02 Å². The molecule has 0 aromatic heterocycles. The van der Waals surface area contributed by atoms with Gasteiger partial charge in [-0.2, -0.15) is 5.10 Å². The molecule has 23 heavy (non-hydrogen) atoms. The van der Waals surface area contributed by atoms with Crippen molar-refractivity contribution in [2.75, 3.05) is 7.11 Å². The van der Waals surface area contributed by atoms with E-state index >= 15 is 0 Å². The Morgan fingerprint density at radius 2 is 2.17 bits per heavy atom. The predicted octanol–water partition coefficient (Wildman–Crippen LogP) is 4.84. The summed E-state index contributed by atoms with van der Waals surface area (Å²) in [5.74, 6) is 0.655. The van der Waals surface area contributed by atoms with Crippen LogP contribution in [0.1, 0.15) is 50.4 Å². The Bertz CT molecular complexity index is 578. The van der Waals surface area contributed by atoms with Crippen molar-refractivity contribution in [2.24, 2.45) is 11.0 Å². The normalized spacial score (nSPS) is 12.0. The predicted molar refractivity (Wildman–Crippen MR) is 96.4 cm³/mol. The van der Waals surface area contributed by atoms with Crippen LogP contribution in [0, 0.1) is 5.92 Å². The second kappa shape index (κ2) is 10.1. The maximum Gasteiger partial charge on any atom is 0.275 e. The number of carbonyl (C=O) groups excluding carboxylic acids is 1. The highest BCUT2D eigenvalue weighted by Crippen LogP contribution is 2.22. The molecular formula is C18H25ClN2O2. The maximum atomic E-state index is 12.1. The summed E-state index contributed by atoms with van der Waals surface area (Å²) < 4.78 is 5.15. The maximum absolute atomic E-state index is 12.1. The zero-order valence-electron chi connectivity index (χ0n) is 14.2. The van der Waals surface area contributed by atoms with E-state index < -0.39 is 0 Å². The minimum absolute atomic E-state index is 0.335. The van der Waals surface area contributed by atoms with Gasteiger partial charge in [-0.1, -0.05) is 30.2 Å². The number of nitrogens with zero attached hydrogens (tertiary/aromatic N) is 1. The highest BCUT2D eigenvalue weighted by atomic mass is 35.5. The SMILES string of the molecule is COc1ccc(Cl)cc1C(=O)N/N=C/C[C@@H](C)CCC=C(C)C. The minimum atomic E-state index is -0.335. The third-order valence-electron chi connectivity index (χ3n) is 3.38. The van der Waals surface area contributed by atoms with Crippen LogP contribution in [-0.2, 0) is 0 Å². The standard InChI is InChI=1S/C18H25ClN2O2/c1-13(2)6-5-7-14(3)10-11-20-21-18(22)16-12-15(19)8-9-17(16)23-4/h6,8-9,11-12,14H,5,7,10H2,1-4H3,(H,21,22)/b20-11+/t14-/m0/s1. The summed E-state index contributed by atoms with van der Waals surface area (Å²) >= 11 is 5.91. The fourth-order valence-corrected chi connectivity index (χ4v) is 2.20. The van der Waals surface area contributed by atoms with E-state index in [4.69, 9.17) is 16.3 Å². The number of hydrazone groups is 1. The average molecular weight is 337 g/mol. The molecule has 0 aliphatic rings. The molecule has 0 aliphatic heterocycles. The van der Waals surface area contributed by atoms with Crippen LogP contribution in [0.5, 0.6) is 5.75 Å². The van der Waals surface area contributed by atoms with Gasteiger partial charge in [0, 0.05) is 11.2 Å².